The monoisotopic (exact) mass is 472 g/mol. The van der Waals surface area contributed by atoms with Gasteiger partial charge in [-0.1, -0.05) is 41.9 Å². The first-order valence-electron chi connectivity index (χ1n) is 11.8. The van der Waals surface area contributed by atoms with Crippen molar-refractivity contribution in [2.24, 2.45) is 0 Å². The Bertz CT molecular complexity index is 1400. The SMILES string of the molecule is CCN1CCc2nc3ccccc3c(C(=O)N3CCc4c(noc4-c4ccc(Cl)cc4)C3)c2C1. The molecule has 0 atom stereocenters. The fourth-order valence-corrected chi connectivity index (χ4v) is 5.28. The van der Waals surface area contributed by atoms with Gasteiger partial charge < -0.3 is 9.42 Å². The molecule has 2 aromatic carbocycles. The molecule has 172 valence electrons. The van der Waals surface area contributed by atoms with Gasteiger partial charge >= 0.3 is 0 Å². The number of rotatable bonds is 3. The summed E-state index contributed by atoms with van der Waals surface area (Å²) in [5.41, 5.74) is 6.66. The van der Waals surface area contributed by atoms with Crippen molar-refractivity contribution in [3.8, 4) is 11.3 Å². The predicted molar refractivity (Wildman–Crippen MR) is 132 cm³/mol. The zero-order valence-electron chi connectivity index (χ0n) is 19.1. The summed E-state index contributed by atoms with van der Waals surface area (Å²) in [6.07, 6.45) is 1.57. The molecule has 2 aromatic heterocycles. The number of amides is 1. The highest BCUT2D eigenvalue weighted by molar-refractivity contribution is 6.30. The van der Waals surface area contributed by atoms with E-state index in [-0.39, 0.29) is 5.91 Å². The molecule has 7 heteroatoms. The number of nitrogens with zero attached hydrogens (tertiary/aromatic N) is 4. The molecular formula is C27H25ClN4O2. The summed E-state index contributed by atoms with van der Waals surface area (Å²) in [4.78, 5) is 23.2. The summed E-state index contributed by atoms with van der Waals surface area (Å²) in [6, 6.07) is 15.6. The van der Waals surface area contributed by atoms with Gasteiger partial charge in [0, 0.05) is 58.8 Å². The molecule has 0 radical (unpaired) electrons. The van der Waals surface area contributed by atoms with E-state index in [2.05, 4.69) is 17.0 Å². The van der Waals surface area contributed by atoms with E-state index in [4.69, 9.17) is 21.1 Å². The number of pyridine rings is 1. The molecule has 0 N–H and O–H groups in total. The van der Waals surface area contributed by atoms with Crippen molar-refractivity contribution in [3.63, 3.8) is 0 Å². The lowest BCUT2D eigenvalue weighted by atomic mass is 9.94. The van der Waals surface area contributed by atoms with Crippen molar-refractivity contribution < 1.29 is 9.32 Å². The van der Waals surface area contributed by atoms with Gasteiger partial charge in [0.1, 0.15) is 5.69 Å². The van der Waals surface area contributed by atoms with E-state index in [0.717, 1.165) is 76.4 Å². The summed E-state index contributed by atoms with van der Waals surface area (Å²) in [5, 5.41) is 5.95. The second kappa shape index (κ2) is 8.53. The predicted octanol–water partition coefficient (Wildman–Crippen LogP) is 5.12. The van der Waals surface area contributed by atoms with E-state index in [1.54, 1.807) is 0 Å². The first kappa shape index (κ1) is 21.3. The minimum absolute atomic E-state index is 0.0505. The van der Waals surface area contributed by atoms with Crippen molar-refractivity contribution in [3.05, 3.63) is 81.6 Å². The maximum Gasteiger partial charge on any atom is 0.255 e. The largest absolute Gasteiger partial charge is 0.356 e. The van der Waals surface area contributed by atoms with Gasteiger partial charge in [-0.15, -0.1) is 0 Å². The van der Waals surface area contributed by atoms with Gasteiger partial charge in [-0.25, -0.2) is 0 Å². The molecule has 0 aliphatic carbocycles. The fraction of sp³-hybridized carbons (Fsp3) is 0.296. The van der Waals surface area contributed by atoms with Crippen LogP contribution >= 0.6 is 11.6 Å². The number of benzene rings is 2. The first-order valence-corrected chi connectivity index (χ1v) is 12.2. The second-order valence-corrected chi connectivity index (χ2v) is 9.40. The standard InChI is InChI=1S/C27H25ClN4O2/c1-2-31-13-12-23-21(15-31)25(19-5-3-4-6-22(19)29-23)27(33)32-14-11-20-24(16-32)30-34-26(20)17-7-9-18(28)10-8-17/h3-10H,2,11-16H2,1H3. The molecule has 0 fully saturated rings. The van der Waals surface area contributed by atoms with Gasteiger partial charge in [0.05, 0.1) is 17.6 Å². The summed E-state index contributed by atoms with van der Waals surface area (Å²) >= 11 is 6.04. The van der Waals surface area contributed by atoms with Crippen molar-refractivity contribution in [1.29, 1.82) is 0 Å². The Morgan fingerprint density at radius 2 is 1.82 bits per heavy atom. The second-order valence-electron chi connectivity index (χ2n) is 8.97. The molecule has 0 unspecified atom stereocenters. The fourth-order valence-electron chi connectivity index (χ4n) is 5.15. The molecule has 34 heavy (non-hydrogen) atoms. The number of hydrogen-bond donors (Lipinski definition) is 0. The number of hydrogen-bond acceptors (Lipinski definition) is 5. The lowest BCUT2D eigenvalue weighted by Crippen LogP contribution is -2.38. The Kier molecular flexibility index (Phi) is 5.35. The first-order chi connectivity index (χ1) is 16.6. The summed E-state index contributed by atoms with van der Waals surface area (Å²) < 4.78 is 5.72. The Morgan fingerprint density at radius 1 is 1.00 bits per heavy atom. The van der Waals surface area contributed by atoms with E-state index in [1.807, 2.05) is 53.4 Å². The maximum absolute atomic E-state index is 14.0. The maximum atomic E-state index is 14.0. The van der Waals surface area contributed by atoms with Gasteiger partial charge in [-0.3, -0.25) is 14.7 Å². The average molecular weight is 473 g/mol. The van der Waals surface area contributed by atoms with Crippen LogP contribution in [0.25, 0.3) is 22.2 Å². The Labute approximate surface area is 203 Å². The van der Waals surface area contributed by atoms with Crippen LogP contribution in [0.3, 0.4) is 0 Å². The Hall–Kier alpha value is -3.22. The molecule has 0 saturated carbocycles. The van der Waals surface area contributed by atoms with Gasteiger partial charge in [0.15, 0.2) is 5.76 Å². The highest BCUT2D eigenvalue weighted by Crippen LogP contribution is 2.34. The van der Waals surface area contributed by atoms with Crippen LogP contribution in [0, 0.1) is 0 Å². The van der Waals surface area contributed by atoms with E-state index in [0.29, 0.717) is 24.5 Å². The quantitative estimate of drug-likeness (QED) is 0.414. The highest BCUT2D eigenvalue weighted by atomic mass is 35.5. The average Bonchev–Trinajstić information content (AvgIpc) is 3.30. The van der Waals surface area contributed by atoms with Gasteiger partial charge in [-0.2, -0.15) is 0 Å². The van der Waals surface area contributed by atoms with Crippen LogP contribution < -0.4 is 0 Å². The lowest BCUT2D eigenvalue weighted by Gasteiger charge is -2.32. The van der Waals surface area contributed by atoms with Crippen LogP contribution in [-0.2, 0) is 25.9 Å². The lowest BCUT2D eigenvalue weighted by molar-refractivity contribution is 0.0730. The molecule has 6 rings (SSSR count). The molecule has 4 heterocycles. The molecule has 4 aromatic rings. The van der Waals surface area contributed by atoms with Crippen molar-refractivity contribution in [1.82, 2.24) is 19.9 Å². The smallest absolute Gasteiger partial charge is 0.255 e. The Balaban J connectivity index is 1.37. The molecule has 2 aliphatic heterocycles. The molecule has 1 amide bonds. The molecule has 0 saturated heterocycles. The third-order valence-corrected chi connectivity index (χ3v) is 7.27. The van der Waals surface area contributed by atoms with E-state index in [1.165, 1.54) is 0 Å². The molecule has 6 nitrogen and oxygen atoms in total. The minimum atomic E-state index is 0.0505. The number of aromatic nitrogens is 2. The van der Waals surface area contributed by atoms with Crippen LogP contribution in [0.2, 0.25) is 5.02 Å². The number of halogens is 1. The van der Waals surface area contributed by atoms with Crippen LogP contribution in [0.4, 0.5) is 0 Å². The zero-order valence-corrected chi connectivity index (χ0v) is 19.8. The van der Waals surface area contributed by atoms with Crippen LogP contribution in [0.5, 0.6) is 0 Å². The summed E-state index contributed by atoms with van der Waals surface area (Å²) in [6.45, 7) is 5.91. The number of carbonyl (C=O) groups excluding carboxylic acids is 1. The van der Waals surface area contributed by atoms with Crippen molar-refractivity contribution >= 4 is 28.4 Å². The van der Waals surface area contributed by atoms with Crippen molar-refractivity contribution in [2.75, 3.05) is 19.6 Å². The van der Waals surface area contributed by atoms with E-state index in [9.17, 15) is 4.79 Å². The highest BCUT2D eigenvalue weighted by Gasteiger charge is 2.32. The van der Waals surface area contributed by atoms with E-state index >= 15 is 0 Å². The van der Waals surface area contributed by atoms with Crippen LogP contribution in [0.15, 0.2) is 53.1 Å². The minimum Gasteiger partial charge on any atom is -0.356 e. The summed E-state index contributed by atoms with van der Waals surface area (Å²) in [5.74, 6) is 0.818. The van der Waals surface area contributed by atoms with Crippen molar-refractivity contribution in [2.45, 2.75) is 32.9 Å². The molecule has 2 aliphatic rings. The Morgan fingerprint density at radius 3 is 2.65 bits per heavy atom. The van der Waals surface area contributed by atoms with Crippen LogP contribution in [-0.4, -0.2) is 45.5 Å². The van der Waals surface area contributed by atoms with E-state index < -0.39 is 0 Å². The molecule has 0 spiro atoms. The molecule has 0 bridgehead atoms. The number of fused-ring (bicyclic) bond motifs is 3. The number of likely N-dealkylation sites (N-methyl/N-ethyl adjacent to an activating group) is 1. The topological polar surface area (TPSA) is 62.5 Å². The normalized spacial score (nSPS) is 15.9. The number of carbonyl (C=O) groups is 1. The van der Waals surface area contributed by atoms with Gasteiger partial charge in [0.25, 0.3) is 5.91 Å². The number of para-hydroxylation sites is 1. The molecular weight excluding hydrogens is 448 g/mol. The van der Waals surface area contributed by atoms with Crippen LogP contribution in [0.1, 0.15) is 39.8 Å². The van der Waals surface area contributed by atoms with Gasteiger partial charge in [-0.05, 0) is 43.3 Å². The third kappa shape index (κ3) is 3.58. The zero-order chi connectivity index (χ0) is 23.2. The third-order valence-electron chi connectivity index (χ3n) is 7.02. The van der Waals surface area contributed by atoms with Gasteiger partial charge in [0.2, 0.25) is 0 Å². The summed E-state index contributed by atoms with van der Waals surface area (Å²) in [7, 11) is 0.